The first-order chi connectivity index (χ1) is 17.1. The molecule has 4 rings (SSSR count). The fourth-order valence-corrected chi connectivity index (χ4v) is 6.84. The van der Waals surface area contributed by atoms with Gasteiger partial charge in [-0.25, -0.2) is 12.8 Å². The highest BCUT2D eigenvalue weighted by Crippen LogP contribution is 2.26. The van der Waals surface area contributed by atoms with Crippen LogP contribution in [0.3, 0.4) is 0 Å². The van der Waals surface area contributed by atoms with Crippen LogP contribution in [0.15, 0.2) is 46.3 Å². The summed E-state index contributed by atoms with van der Waals surface area (Å²) in [6, 6.07) is 8.60. The monoisotopic (exact) mass is 533 g/mol. The van der Waals surface area contributed by atoms with Crippen molar-refractivity contribution in [2.24, 2.45) is 10.9 Å². The van der Waals surface area contributed by atoms with Crippen molar-refractivity contribution in [3.63, 3.8) is 0 Å². The van der Waals surface area contributed by atoms with E-state index in [0.717, 1.165) is 33.5 Å². The number of fused-ring (bicyclic) bond motifs is 1. The molecule has 1 saturated heterocycles. The molecule has 0 aliphatic carbocycles. The highest BCUT2D eigenvalue weighted by Gasteiger charge is 2.33. The Labute approximate surface area is 213 Å². The molecule has 1 fully saturated rings. The minimum Gasteiger partial charge on any atom is -0.465 e. The zero-order valence-electron chi connectivity index (χ0n) is 20.4. The van der Waals surface area contributed by atoms with Gasteiger partial charge in [-0.1, -0.05) is 11.3 Å². The topological polar surface area (TPSA) is 98.0 Å². The van der Waals surface area contributed by atoms with Crippen LogP contribution in [-0.4, -0.2) is 48.9 Å². The summed E-state index contributed by atoms with van der Waals surface area (Å²) < 4.78 is 48.3. The SMILES string of the molecule is CCOC(=O)Cn1c(=NC(=O)C2CCCN(S(=O)(=O)c3ccc(F)cc3)C2)sc2cc(C)c(C)cc21. The fraction of sp³-hybridized carbons (Fsp3) is 0.400. The van der Waals surface area contributed by atoms with Gasteiger partial charge in [0.15, 0.2) is 4.80 Å². The molecule has 1 atom stereocenters. The van der Waals surface area contributed by atoms with E-state index in [-0.39, 0.29) is 31.1 Å². The van der Waals surface area contributed by atoms with E-state index in [1.165, 1.54) is 27.8 Å². The number of hydrogen-bond donors (Lipinski definition) is 0. The number of aryl methyl sites for hydroxylation is 2. The third-order valence-electron chi connectivity index (χ3n) is 6.28. The van der Waals surface area contributed by atoms with E-state index in [1.807, 2.05) is 26.0 Å². The summed E-state index contributed by atoms with van der Waals surface area (Å²) in [4.78, 5) is 30.2. The average Bonchev–Trinajstić information content (AvgIpc) is 3.15. The number of nitrogens with zero attached hydrogens (tertiary/aromatic N) is 3. The van der Waals surface area contributed by atoms with Gasteiger partial charge >= 0.3 is 5.97 Å². The maximum atomic E-state index is 13.3. The van der Waals surface area contributed by atoms with E-state index < -0.39 is 33.6 Å². The van der Waals surface area contributed by atoms with Gasteiger partial charge in [0.2, 0.25) is 10.0 Å². The van der Waals surface area contributed by atoms with Crippen LogP contribution < -0.4 is 4.80 Å². The van der Waals surface area contributed by atoms with E-state index in [1.54, 1.807) is 11.5 Å². The third kappa shape index (κ3) is 5.42. The molecule has 1 amide bonds. The molecule has 11 heteroatoms. The van der Waals surface area contributed by atoms with Crippen LogP contribution in [0.5, 0.6) is 0 Å². The molecule has 3 aromatic rings. The van der Waals surface area contributed by atoms with Crippen LogP contribution in [0.2, 0.25) is 0 Å². The number of hydrogen-bond acceptors (Lipinski definition) is 6. The van der Waals surface area contributed by atoms with Gasteiger partial charge in [-0.2, -0.15) is 9.30 Å². The second kappa shape index (κ2) is 10.6. The Hall–Kier alpha value is -2.89. The van der Waals surface area contributed by atoms with Crippen LogP contribution in [0.25, 0.3) is 10.2 Å². The van der Waals surface area contributed by atoms with Crippen molar-refractivity contribution in [3.8, 4) is 0 Å². The number of esters is 1. The van der Waals surface area contributed by atoms with E-state index in [9.17, 15) is 22.4 Å². The van der Waals surface area contributed by atoms with Crippen molar-refractivity contribution < 1.29 is 27.1 Å². The first kappa shape index (κ1) is 26.2. The summed E-state index contributed by atoms with van der Waals surface area (Å²) in [6.07, 6.45) is 0.999. The largest absolute Gasteiger partial charge is 0.465 e. The summed E-state index contributed by atoms with van der Waals surface area (Å²) >= 11 is 1.30. The smallest absolute Gasteiger partial charge is 0.326 e. The number of aromatic nitrogens is 1. The van der Waals surface area contributed by atoms with Crippen molar-refractivity contribution in [1.29, 1.82) is 0 Å². The minimum absolute atomic E-state index is 0.0109. The molecule has 0 spiro atoms. The van der Waals surface area contributed by atoms with Gasteiger partial charge in [0.05, 0.1) is 27.6 Å². The van der Waals surface area contributed by atoms with Crippen molar-refractivity contribution in [2.75, 3.05) is 19.7 Å². The average molecular weight is 534 g/mol. The number of ether oxygens (including phenoxy) is 1. The molecule has 192 valence electrons. The quantitative estimate of drug-likeness (QED) is 0.452. The zero-order chi connectivity index (χ0) is 26.0. The summed E-state index contributed by atoms with van der Waals surface area (Å²) in [5, 5.41) is 0. The maximum absolute atomic E-state index is 13.3. The molecule has 1 aliphatic heterocycles. The normalized spacial score (nSPS) is 17.4. The fourth-order valence-electron chi connectivity index (χ4n) is 4.20. The Kier molecular flexibility index (Phi) is 7.72. The predicted octanol–water partition coefficient (Wildman–Crippen LogP) is 3.55. The number of amides is 1. The van der Waals surface area contributed by atoms with Crippen LogP contribution in [-0.2, 0) is 30.9 Å². The molecule has 2 heterocycles. The molecular weight excluding hydrogens is 505 g/mol. The van der Waals surface area contributed by atoms with Crippen molar-refractivity contribution >= 4 is 43.5 Å². The molecule has 1 aromatic heterocycles. The number of benzene rings is 2. The minimum atomic E-state index is -3.87. The summed E-state index contributed by atoms with van der Waals surface area (Å²) in [5.41, 5.74) is 2.91. The Balaban J connectivity index is 1.66. The lowest BCUT2D eigenvalue weighted by molar-refractivity contribution is -0.143. The lowest BCUT2D eigenvalue weighted by Gasteiger charge is -2.30. The summed E-state index contributed by atoms with van der Waals surface area (Å²) in [6.45, 7) is 6.11. The van der Waals surface area contributed by atoms with Crippen LogP contribution in [0, 0.1) is 25.6 Å². The van der Waals surface area contributed by atoms with Crippen molar-refractivity contribution in [2.45, 2.75) is 45.1 Å². The third-order valence-corrected chi connectivity index (χ3v) is 9.20. The predicted molar refractivity (Wildman–Crippen MR) is 134 cm³/mol. The molecule has 1 unspecified atom stereocenters. The second-order valence-corrected chi connectivity index (χ2v) is 11.7. The molecule has 0 bridgehead atoms. The van der Waals surface area contributed by atoms with E-state index >= 15 is 0 Å². The molecular formula is C25H28FN3O5S2. The highest BCUT2D eigenvalue weighted by molar-refractivity contribution is 7.89. The van der Waals surface area contributed by atoms with Gasteiger partial charge < -0.3 is 9.30 Å². The van der Waals surface area contributed by atoms with E-state index in [0.29, 0.717) is 17.6 Å². The molecule has 0 radical (unpaired) electrons. The molecule has 0 N–H and O–H groups in total. The molecule has 0 saturated carbocycles. The molecule has 36 heavy (non-hydrogen) atoms. The van der Waals surface area contributed by atoms with Crippen LogP contribution in [0.4, 0.5) is 4.39 Å². The molecule has 1 aliphatic rings. The Morgan fingerprint density at radius 1 is 1.17 bits per heavy atom. The number of carbonyl (C=O) groups is 2. The summed E-state index contributed by atoms with van der Waals surface area (Å²) in [5.74, 6) is -2.02. The number of carbonyl (C=O) groups excluding carboxylic acids is 2. The lowest BCUT2D eigenvalue weighted by Crippen LogP contribution is -2.42. The maximum Gasteiger partial charge on any atom is 0.326 e. The molecule has 2 aromatic carbocycles. The van der Waals surface area contributed by atoms with Crippen molar-refractivity contribution in [3.05, 3.63) is 58.1 Å². The van der Waals surface area contributed by atoms with Gasteiger partial charge in [-0.3, -0.25) is 9.59 Å². The van der Waals surface area contributed by atoms with Crippen LogP contribution in [0.1, 0.15) is 30.9 Å². The number of rotatable bonds is 6. The van der Waals surface area contributed by atoms with E-state index in [2.05, 4.69) is 4.99 Å². The van der Waals surface area contributed by atoms with Crippen molar-refractivity contribution in [1.82, 2.24) is 8.87 Å². The van der Waals surface area contributed by atoms with Gasteiger partial charge in [0, 0.05) is 13.1 Å². The number of halogens is 1. The second-order valence-electron chi connectivity index (χ2n) is 8.79. The number of piperidine rings is 1. The lowest BCUT2D eigenvalue weighted by atomic mass is 9.99. The zero-order valence-corrected chi connectivity index (χ0v) is 22.0. The first-order valence-electron chi connectivity index (χ1n) is 11.7. The number of sulfonamides is 1. The van der Waals surface area contributed by atoms with E-state index in [4.69, 9.17) is 4.74 Å². The Morgan fingerprint density at radius 3 is 2.56 bits per heavy atom. The van der Waals surface area contributed by atoms with Gasteiger partial charge in [0.25, 0.3) is 5.91 Å². The highest BCUT2D eigenvalue weighted by atomic mass is 32.2. The molecule has 8 nitrogen and oxygen atoms in total. The number of thiazole rings is 1. The van der Waals surface area contributed by atoms with Gasteiger partial charge in [-0.05, 0) is 81.1 Å². The Bertz CT molecular complexity index is 1480. The van der Waals surface area contributed by atoms with Crippen LogP contribution >= 0.6 is 11.3 Å². The standard InChI is InChI=1S/C25H28FN3O5S2/c1-4-34-23(30)15-29-21-12-16(2)17(3)13-22(21)35-25(29)27-24(31)18-6-5-11-28(14-18)36(32,33)20-9-7-19(26)8-10-20/h7-10,12-13,18H,4-6,11,14-15H2,1-3H3. The van der Waals surface area contributed by atoms with Gasteiger partial charge in [-0.15, -0.1) is 0 Å². The van der Waals surface area contributed by atoms with Gasteiger partial charge in [0.1, 0.15) is 12.4 Å². The Morgan fingerprint density at radius 2 is 1.86 bits per heavy atom. The first-order valence-corrected chi connectivity index (χ1v) is 14.0. The summed E-state index contributed by atoms with van der Waals surface area (Å²) in [7, 11) is -3.87.